The zero-order chi connectivity index (χ0) is 19.3. The van der Waals surface area contributed by atoms with Crippen molar-refractivity contribution in [3.05, 3.63) is 62.5 Å². The number of rotatable bonds is 3. The highest BCUT2D eigenvalue weighted by Gasteiger charge is 2.62. The Hall–Kier alpha value is -1.89. The normalized spacial score (nSPS) is 22.0. The van der Waals surface area contributed by atoms with E-state index >= 15 is 0 Å². The number of fused-ring (bicyclic) bond motifs is 1. The molecule has 2 aliphatic heterocycles. The lowest BCUT2D eigenvalue weighted by molar-refractivity contribution is -0.125. The highest BCUT2D eigenvalue weighted by atomic mass is 79.9. The van der Waals surface area contributed by atoms with Gasteiger partial charge in [-0.2, -0.15) is 0 Å². The third-order valence-electron chi connectivity index (χ3n) is 4.88. The lowest BCUT2D eigenvalue weighted by Gasteiger charge is -2.27. The zero-order valence-electron chi connectivity index (χ0n) is 13.9. The third-order valence-corrected chi connectivity index (χ3v) is 5.84. The van der Waals surface area contributed by atoms with Gasteiger partial charge in [-0.15, -0.1) is 0 Å². The molecule has 0 aromatic heterocycles. The van der Waals surface area contributed by atoms with Gasteiger partial charge >= 0.3 is 6.03 Å². The molecule has 0 aliphatic carbocycles. The number of carbonyl (C=O) groups excluding carboxylic acids is 3. The number of ketones is 1. The Labute approximate surface area is 174 Å². The van der Waals surface area contributed by atoms with Crippen molar-refractivity contribution in [2.45, 2.75) is 18.4 Å². The average molecular weight is 468 g/mol. The largest absolute Gasteiger partial charge is 0.332 e. The summed E-state index contributed by atoms with van der Waals surface area (Å²) in [5.74, 6) is -0.558. The number of urea groups is 1. The fourth-order valence-corrected chi connectivity index (χ4v) is 4.51. The summed E-state index contributed by atoms with van der Waals surface area (Å²) >= 11 is 15.5. The van der Waals surface area contributed by atoms with Crippen LogP contribution in [0.5, 0.6) is 0 Å². The first kappa shape index (κ1) is 18.5. The SMILES string of the molecule is O=C1CN2C(=O)N(c3cc(Cl)cc(Cl)c3)C(=O)C2(Cc2ccc(Br)cc2)C1. The first-order valence-corrected chi connectivity index (χ1v) is 9.73. The Bertz CT molecular complexity index is 959. The van der Waals surface area contributed by atoms with Crippen molar-refractivity contribution in [3.8, 4) is 0 Å². The number of amides is 3. The van der Waals surface area contributed by atoms with Crippen LogP contribution in [0.1, 0.15) is 12.0 Å². The maximum absolute atomic E-state index is 13.4. The van der Waals surface area contributed by atoms with E-state index in [1.165, 1.54) is 23.1 Å². The van der Waals surface area contributed by atoms with Gasteiger partial charge < -0.3 is 4.90 Å². The molecule has 2 saturated heterocycles. The van der Waals surface area contributed by atoms with E-state index in [0.29, 0.717) is 15.7 Å². The molecule has 138 valence electrons. The van der Waals surface area contributed by atoms with Crippen molar-refractivity contribution in [1.29, 1.82) is 0 Å². The molecule has 3 amide bonds. The minimum absolute atomic E-state index is 0.00155. The van der Waals surface area contributed by atoms with Crippen molar-refractivity contribution >= 4 is 62.5 Å². The predicted octanol–water partition coefficient (Wildman–Crippen LogP) is 4.48. The van der Waals surface area contributed by atoms with Gasteiger partial charge in [0.05, 0.1) is 12.2 Å². The molecule has 1 unspecified atom stereocenters. The summed E-state index contributed by atoms with van der Waals surface area (Å²) in [6.07, 6.45) is 0.264. The summed E-state index contributed by atoms with van der Waals surface area (Å²) in [5, 5.41) is 0.645. The minimum Gasteiger partial charge on any atom is -0.301 e. The highest BCUT2D eigenvalue weighted by Crippen LogP contribution is 2.42. The van der Waals surface area contributed by atoms with Crippen LogP contribution in [0.3, 0.4) is 0 Å². The highest BCUT2D eigenvalue weighted by molar-refractivity contribution is 9.10. The number of carbonyl (C=O) groups is 3. The summed E-state index contributed by atoms with van der Waals surface area (Å²) in [5.41, 5.74) is -0.0406. The molecule has 0 bridgehead atoms. The molecular weight excluding hydrogens is 455 g/mol. The second-order valence-corrected chi connectivity index (χ2v) is 8.48. The van der Waals surface area contributed by atoms with Crippen LogP contribution >= 0.6 is 39.1 Å². The third kappa shape index (κ3) is 3.06. The fraction of sp³-hybridized carbons (Fsp3) is 0.211. The lowest BCUT2D eigenvalue weighted by atomic mass is 9.88. The van der Waals surface area contributed by atoms with Crippen LogP contribution in [-0.4, -0.2) is 34.7 Å². The van der Waals surface area contributed by atoms with Gasteiger partial charge in [-0.3, -0.25) is 9.59 Å². The van der Waals surface area contributed by atoms with Crippen LogP contribution in [0.4, 0.5) is 10.5 Å². The zero-order valence-corrected chi connectivity index (χ0v) is 17.0. The lowest BCUT2D eigenvalue weighted by Crippen LogP contribution is -2.47. The Morgan fingerprint density at radius 3 is 2.26 bits per heavy atom. The fourth-order valence-electron chi connectivity index (χ4n) is 3.73. The number of anilines is 1. The summed E-state index contributed by atoms with van der Waals surface area (Å²) in [4.78, 5) is 41.0. The van der Waals surface area contributed by atoms with Gasteiger partial charge in [0.2, 0.25) is 0 Å². The van der Waals surface area contributed by atoms with Crippen molar-refractivity contribution in [2.24, 2.45) is 0 Å². The monoisotopic (exact) mass is 466 g/mol. The molecule has 1 atom stereocenters. The molecule has 4 rings (SSSR count). The molecular formula is C19H13BrCl2N2O3. The van der Waals surface area contributed by atoms with Crippen molar-refractivity contribution in [1.82, 2.24) is 4.90 Å². The Morgan fingerprint density at radius 1 is 1.00 bits per heavy atom. The maximum Gasteiger partial charge on any atom is 0.332 e. The molecule has 8 heteroatoms. The van der Waals surface area contributed by atoms with Crippen LogP contribution in [0.25, 0.3) is 0 Å². The van der Waals surface area contributed by atoms with Gasteiger partial charge in [-0.1, -0.05) is 51.3 Å². The smallest absolute Gasteiger partial charge is 0.301 e. The molecule has 0 saturated carbocycles. The molecule has 2 aromatic carbocycles. The summed E-state index contributed by atoms with van der Waals surface area (Å²) in [7, 11) is 0. The van der Waals surface area contributed by atoms with Crippen LogP contribution in [0.15, 0.2) is 46.9 Å². The molecule has 0 radical (unpaired) electrons. The number of halogens is 3. The minimum atomic E-state index is -1.21. The van der Waals surface area contributed by atoms with Crippen LogP contribution in [-0.2, 0) is 16.0 Å². The molecule has 5 nitrogen and oxygen atoms in total. The van der Waals surface area contributed by atoms with Gasteiger partial charge in [0.1, 0.15) is 5.54 Å². The Morgan fingerprint density at radius 2 is 1.63 bits per heavy atom. The summed E-state index contributed by atoms with van der Waals surface area (Å²) in [6.45, 7) is -0.0775. The van der Waals surface area contributed by atoms with Crippen molar-refractivity contribution in [3.63, 3.8) is 0 Å². The van der Waals surface area contributed by atoms with Crippen LogP contribution < -0.4 is 4.90 Å². The Balaban J connectivity index is 1.77. The molecule has 2 aromatic rings. The molecule has 0 spiro atoms. The first-order valence-electron chi connectivity index (χ1n) is 8.18. The van der Waals surface area contributed by atoms with Gasteiger partial charge in [0.15, 0.2) is 5.78 Å². The van der Waals surface area contributed by atoms with Crippen LogP contribution in [0.2, 0.25) is 10.0 Å². The van der Waals surface area contributed by atoms with E-state index in [-0.39, 0.29) is 25.2 Å². The average Bonchev–Trinajstić information content (AvgIpc) is 3.01. The van der Waals surface area contributed by atoms with E-state index in [0.717, 1.165) is 14.9 Å². The molecule has 2 fully saturated rings. The predicted molar refractivity (Wildman–Crippen MR) is 106 cm³/mol. The second kappa shape index (κ2) is 6.62. The van der Waals surface area contributed by atoms with E-state index < -0.39 is 17.5 Å². The first-order chi connectivity index (χ1) is 12.8. The van der Waals surface area contributed by atoms with Crippen molar-refractivity contribution < 1.29 is 14.4 Å². The molecule has 2 aliphatic rings. The number of nitrogens with zero attached hydrogens (tertiary/aromatic N) is 2. The molecule has 0 N–H and O–H groups in total. The topological polar surface area (TPSA) is 57.7 Å². The van der Waals surface area contributed by atoms with E-state index in [1.807, 2.05) is 24.3 Å². The summed E-state index contributed by atoms with van der Waals surface area (Å²) < 4.78 is 0.909. The number of hydrogen-bond acceptors (Lipinski definition) is 3. The van der Waals surface area contributed by atoms with E-state index in [1.54, 1.807) is 0 Å². The number of hydrogen-bond donors (Lipinski definition) is 0. The van der Waals surface area contributed by atoms with E-state index in [4.69, 9.17) is 23.2 Å². The van der Waals surface area contributed by atoms with Crippen LogP contribution in [0, 0.1) is 0 Å². The quantitative estimate of drug-likeness (QED) is 0.625. The Kier molecular flexibility index (Phi) is 4.53. The van der Waals surface area contributed by atoms with Gasteiger partial charge in [-0.25, -0.2) is 9.69 Å². The van der Waals surface area contributed by atoms with E-state index in [2.05, 4.69) is 15.9 Å². The van der Waals surface area contributed by atoms with Gasteiger partial charge in [0.25, 0.3) is 5.91 Å². The summed E-state index contributed by atoms with van der Waals surface area (Å²) in [6, 6.07) is 11.5. The van der Waals surface area contributed by atoms with Gasteiger partial charge in [-0.05, 0) is 35.9 Å². The number of Topliss-reactive ketones (excluding diaryl/α,β-unsaturated/α-hetero) is 1. The van der Waals surface area contributed by atoms with Gasteiger partial charge in [0, 0.05) is 27.4 Å². The number of benzene rings is 2. The molecule has 27 heavy (non-hydrogen) atoms. The van der Waals surface area contributed by atoms with Crippen molar-refractivity contribution in [2.75, 3.05) is 11.4 Å². The number of imide groups is 1. The second-order valence-electron chi connectivity index (χ2n) is 6.69. The maximum atomic E-state index is 13.4. The molecule has 2 heterocycles. The standard InChI is InChI=1S/C19H13BrCl2N2O3/c20-12-3-1-11(2-4-12)8-19-9-16(25)10-23(19)18(27)24(17(19)26)15-6-13(21)5-14(22)7-15/h1-7H,8-10H2. The van der Waals surface area contributed by atoms with E-state index in [9.17, 15) is 14.4 Å².